The maximum atomic E-state index is 12.6. The van der Waals surface area contributed by atoms with Crippen LogP contribution in [0.3, 0.4) is 0 Å². The van der Waals surface area contributed by atoms with Gasteiger partial charge in [0, 0.05) is 6.54 Å². The van der Waals surface area contributed by atoms with Gasteiger partial charge in [0.2, 0.25) is 10.0 Å². The van der Waals surface area contributed by atoms with Crippen molar-refractivity contribution in [3.05, 3.63) is 30.1 Å². The van der Waals surface area contributed by atoms with Crippen molar-refractivity contribution in [3.63, 3.8) is 0 Å². The number of benzene rings is 1. The molecule has 0 saturated carbocycles. The molecule has 1 rings (SSSR count). The minimum atomic E-state index is -3.90. The van der Waals surface area contributed by atoms with Crippen molar-refractivity contribution in [3.8, 4) is 0 Å². The van der Waals surface area contributed by atoms with Crippen LogP contribution in [0.1, 0.15) is 0 Å². The Kier molecular flexibility index (Phi) is 4.76. The number of hydrogen-bond donors (Lipinski definition) is 2. The maximum Gasteiger partial charge on any atom is 0.336 e. The van der Waals surface area contributed by atoms with Crippen molar-refractivity contribution in [1.82, 2.24) is 4.72 Å². The van der Waals surface area contributed by atoms with Gasteiger partial charge >= 0.3 is 5.97 Å². The highest BCUT2D eigenvalue weighted by Gasteiger charge is 2.20. The van der Waals surface area contributed by atoms with Gasteiger partial charge in [0.25, 0.3) is 0 Å². The van der Waals surface area contributed by atoms with E-state index < -0.39 is 34.5 Å². The van der Waals surface area contributed by atoms with Crippen LogP contribution in [0.25, 0.3) is 0 Å². The van der Waals surface area contributed by atoms with Gasteiger partial charge < -0.3 is 9.84 Å². The largest absolute Gasteiger partial charge is 0.467 e. The molecule has 0 saturated heterocycles. The van der Waals surface area contributed by atoms with Crippen molar-refractivity contribution in [2.24, 2.45) is 0 Å². The highest BCUT2D eigenvalue weighted by atomic mass is 32.2. The third-order valence-corrected chi connectivity index (χ3v) is 3.50. The summed E-state index contributed by atoms with van der Waals surface area (Å²) in [7, 11) is -2.83. The third kappa shape index (κ3) is 3.76. The topological polar surface area (TPSA) is 92.7 Å². The first-order chi connectivity index (χ1) is 8.36. The van der Waals surface area contributed by atoms with Gasteiger partial charge in [0.15, 0.2) is 6.10 Å². The number of rotatable bonds is 5. The Hall–Kier alpha value is -1.51. The molecule has 0 heterocycles. The van der Waals surface area contributed by atoms with Crippen molar-refractivity contribution in [2.45, 2.75) is 11.0 Å². The molecule has 1 unspecified atom stereocenters. The van der Waals surface area contributed by atoms with Gasteiger partial charge in [-0.25, -0.2) is 22.3 Å². The normalized spacial score (nSPS) is 13.1. The summed E-state index contributed by atoms with van der Waals surface area (Å²) < 4.78 is 42.2. The summed E-state index contributed by atoms with van der Waals surface area (Å²) in [5.41, 5.74) is 0. The number of sulfonamides is 1. The zero-order chi connectivity index (χ0) is 13.8. The molecule has 0 radical (unpaired) electrons. The number of ether oxygens (including phenoxy) is 1. The van der Waals surface area contributed by atoms with E-state index in [1.54, 1.807) is 0 Å². The number of aliphatic hydroxyl groups is 1. The van der Waals surface area contributed by atoms with Gasteiger partial charge in [0.1, 0.15) is 5.82 Å². The van der Waals surface area contributed by atoms with Crippen molar-refractivity contribution >= 4 is 16.0 Å². The number of carbonyl (C=O) groups excluding carboxylic acids is 1. The molecule has 8 heteroatoms. The first-order valence-corrected chi connectivity index (χ1v) is 6.36. The fraction of sp³-hybridized carbons (Fsp3) is 0.300. The molecule has 0 aliphatic heterocycles. The number of carbonyl (C=O) groups is 1. The molecule has 0 bridgehead atoms. The first-order valence-electron chi connectivity index (χ1n) is 4.88. The molecule has 18 heavy (non-hydrogen) atoms. The Labute approximate surface area is 103 Å². The molecule has 0 fully saturated rings. The second-order valence-electron chi connectivity index (χ2n) is 3.34. The Morgan fingerprint density at radius 2 is 2.00 bits per heavy atom. The molecule has 1 aromatic carbocycles. The van der Waals surface area contributed by atoms with Crippen LogP contribution in [-0.2, 0) is 19.6 Å². The SMILES string of the molecule is COC(=O)C(O)CNS(=O)(=O)c1ccc(F)cc1. The number of hydrogen-bond acceptors (Lipinski definition) is 5. The summed E-state index contributed by atoms with van der Waals surface area (Å²) in [6, 6.07) is 4.13. The predicted molar refractivity (Wildman–Crippen MR) is 59.6 cm³/mol. The second kappa shape index (κ2) is 5.89. The average molecular weight is 277 g/mol. The molecule has 0 amide bonds. The van der Waals surface area contributed by atoms with Gasteiger partial charge in [-0.2, -0.15) is 0 Å². The van der Waals surface area contributed by atoms with Gasteiger partial charge in [-0.3, -0.25) is 0 Å². The molecule has 1 aromatic rings. The maximum absolute atomic E-state index is 12.6. The first kappa shape index (κ1) is 14.6. The molecular formula is C10H12FNO5S. The van der Waals surface area contributed by atoms with E-state index in [9.17, 15) is 22.7 Å². The number of aliphatic hydroxyl groups excluding tert-OH is 1. The van der Waals surface area contributed by atoms with Crippen LogP contribution in [0, 0.1) is 5.82 Å². The lowest BCUT2D eigenvalue weighted by Gasteiger charge is -2.10. The van der Waals surface area contributed by atoms with Gasteiger partial charge in [-0.1, -0.05) is 0 Å². The zero-order valence-corrected chi connectivity index (χ0v) is 10.3. The smallest absolute Gasteiger partial charge is 0.336 e. The van der Waals surface area contributed by atoms with Gasteiger partial charge in [-0.05, 0) is 24.3 Å². The summed E-state index contributed by atoms with van der Waals surface area (Å²) in [4.78, 5) is 10.7. The molecular weight excluding hydrogens is 265 g/mol. The second-order valence-corrected chi connectivity index (χ2v) is 5.11. The molecule has 0 aromatic heterocycles. The fourth-order valence-corrected chi connectivity index (χ4v) is 2.14. The Morgan fingerprint density at radius 1 is 1.44 bits per heavy atom. The highest BCUT2D eigenvalue weighted by molar-refractivity contribution is 7.89. The van der Waals surface area contributed by atoms with Crippen LogP contribution in [0.2, 0.25) is 0 Å². The summed E-state index contributed by atoms with van der Waals surface area (Å²) in [6.07, 6.45) is -1.59. The monoisotopic (exact) mass is 277 g/mol. The Bertz CT molecular complexity index is 514. The average Bonchev–Trinajstić information content (AvgIpc) is 2.35. The fourth-order valence-electron chi connectivity index (χ4n) is 1.11. The minimum Gasteiger partial charge on any atom is -0.467 e. The van der Waals surface area contributed by atoms with Crippen LogP contribution in [-0.4, -0.2) is 39.3 Å². The molecule has 0 aliphatic rings. The summed E-state index contributed by atoms with van der Waals surface area (Å²) in [5, 5.41) is 9.21. The van der Waals surface area contributed by atoms with Crippen LogP contribution in [0.4, 0.5) is 4.39 Å². The van der Waals surface area contributed by atoms with Crippen molar-refractivity contribution < 1.29 is 27.4 Å². The van der Waals surface area contributed by atoms with Gasteiger partial charge in [-0.15, -0.1) is 0 Å². The molecule has 0 spiro atoms. The molecule has 6 nitrogen and oxygen atoms in total. The number of halogens is 1. The highest BCUT2D eigenvalue weighted by Crippen LogP contribution is 2.09. The van der Waals surface area contributed by atoms with E-state index >= 15 is 0 Å². The lowest BCUT2D eigenvalue weighted by atomic mass is 10.4. The molecule has 1 atom stereocenters. The van der Waals surface area contributed by atoms with E-state index in [4.69, 9.17) is 0 Å². The number of esters is 1. The molecule has 0 aliphatic carbocycles. The van der Waals surface area contributed by atoms with E-state index in [1.165, 1.54) is 0 Å². The van der Waals surface area contributed by atoms with Gasteiger partial charge in [0.05, 0.1) is 12.0 Å². The van der Waals surface area contributed by atoms with Crippen LogP contribution in [0.5, 0.6) is 0 Å². The van der Waals surface area contributed by atoms with Crippen LogP contribution in [0.15, 0.2) is 29.2 Å². The number of methoxy groups -OCH3 is 1. The van der Waals surface area contributed by atoms with Crippen molar-refractivity contribution in [2.75, 3.05) is 13.7 Å². The quantitative estimate of drug-likeness (QED) is 0.717. The Morgan fingerprint density at radius 3 is 2.50 bits per heavy atom. The van der Waals surface area contributed by atoms with E-state index in [1.807, 2.05) is 4.72 Å². The summed E-state index contributed by atoms with van der Waals surface area (Å²) in [5.74, 6) is -1.51. The van der Waals surface area contributed by atoms with E-state index in [0.717, 1.165) is 31.4 Å². The van der Waals surface area contributed by atoms with E-state index in [-0.39, 0.29) is 4.90 Å². The van der Waals surface area contributed by atoms with Crippen molar-refractivity contribution in [1.29, 1.82) is 0 Å². The van der Waals surface area contributed by atoms with Crippen LogP contribution < -0.4 is 4.72 Å². The summed E-state index contributed by atoms with van der Waals surface area (Å²) in [6.45, 7) is -0.521. The molecule has 2 N–H and O–H groups in total. The lowest BCUT2D eigenvalue weighted by Crippen LogP contribution is -2.37. The lowest BCUT2D eigenvalue weighted by molar-refractivity contribution is -0.149. The predicted octanol–water partition coefficient (Wildman–Crippen LogP) is -0.362. The molecule has 100 valence electrons. The van der Waals surface area contributed by atoms with E-state index in [2.05, 4.69) is 4.74 Å². The van der Waals surface area contributed by atoms with E-state index in [0.29, 0.717) is 0 Å². The minimum absolute atomic E-state index is 0.166. The standard InChI is InChI=1S/C10H12FNO5S/c1-17-10(14)9(13)6-12-18(15,16)8-4-2-7(11)3-5-8/h2-5,9,12-13H,6H2,1H3. The summed E-state index contributed by atoms with van der Waals surface area (Å²) >= 11 is 0. The van der Waals surface area contributed by atoms with Crippen LogP contribution >= 0.6 is 0 Å². The Balaban J connectivity index is 2.71. The third-order valence-electron chi connectivity index (χ3n) is 2.06. The zero-order valence-electron chi connectivity index (χ0n) is 9.46. The number of nitrogens with one attached hydrogen (secondary N) is 1.